The zero-order chi connectivity index (χ0) is 27.0. The minimum absolute atomic E-state index is 0.0137. The number of esters is 1. The van der Waals surface area contributed by atoms with Crippen LogP contribution < -0.4 is 0 Å². The van der Waals surface area contributed by atoms with Crippen molar-refractivity contribution in [3.63, 3.8) is 0 Å². The second-order valence-electron chi connectivity index (χ2n) is 11.0. The Morgan fingerprint density at radius 3 is 2.68 bits per heavy atom. The summed E-state index contributed by atoms with van der Waals surface area (Å²) in [5.41, 5.74) is -7.45. The zero-order valence-electron chi connectivity index (χ0n) is 20.6. The van der Waals surface area contributed by atoms with Crippen LogP contribution >= 0.6 is 11.8 Å². The number of aliphatic hydroxyl groups excluding tert-OH is 1. The molecule has 3 fully saturated rings. The Balaban J connectivity index is 1.64. The number of carbonyl (C=O) groups is 3. The van der Waals surface area contributed by atoms with Crippen LogP contribution in [0.4, 0.5) is 13.2 Å². The first-order chi connectivity index (χ1) is 17.4. The van der Waals surface area contributed by atoms with Crippen LogP contribution in [0.5, 0.6) is 0 Å². The summed E-state index contributed by atoms with van der Waals surface area (Å²) in [6.45, 7) is 4.76. The van der Waals surface area contributed by atoms with Gasteiger partial charge in [-0.05, 0) is 61.6 Å². The summed E-state index contributed by atoms with van der Waals surface area (Å²) < 4.78 is 57.0. The van der Waals surface area contributed by atoms with Gasteiger partial charge in [0.1, 0.15) is 18.4 Å². The van der Waals surface area contributed by atoms with Gasteiger partial charge in [0.25, 0.3) is 0 Å². The van der Waals surface area contributed by atoms with Crippen molar-refractivity contribution in [1.29, 1.82) is 0 Å². The number of nitrogens with zero attached hydrogens (tertiary/aromatic N) is 1. The first-order valence-corrected chi connectivity index (χ1v) is 13.2. The summed E-state index contributed by atoms with van der Waals surface area (Å²) in [6, 6.07) is 0.178. The molecule has 1 aromatic rings. The molecule has 1 heterocycles. The average molecular weight is 540 g/mol. The van der Waals surface area contributed by atoms with Gasteiger partial charge in [0, 0.05) is 28.7 Å². The Hall–Kier alpha value is -2.40. The standard InChI is InChI=1S/C26H28F3NO6S/c1-13-8-15-16-10-18(28)17-9-14(31)4-6-23(17,2)25(16,29)20(32)11-24(15,3)26(13,22(34)37-12-27)36-21(33)19-5-7-35-30-19/h4-7,9,13,15-16,18,20,32H,8,10-12H2,1-3H3/t13-,15+,16+,18+,20+,23+,24+,25+,26+/m1/s1. The van der Waals surface area contributed by atoms with E-state index in [-0.39, 0.29) is 30.5 Å². The van der Waals surface area contributed by atoms with Crippen LogP contribution in [-0.2, 0) is 14.3 Å². The lowest BCUT2D eigenvalue weighted by atomic mass is 9.44. The van der Waals surface area contributed by atoms with Gasteiger partial charge in [-0.15, -0.1) is 0 Å². The van der Waals surface area contributed by atoms with Gasteiger partial charge in [-0.2, -0.15) is 0 Å². The van der Waals surface area contributed by atoms with E-state index >= 15 is 8.78 Å². The van der Waals surface area contributed by atoms with E-state index in [4.69, 9.17) is 9.26 Å². The zero-order valence-corrected chi connectivity index (χ0v) is 21.4. The molecule has 9 atom stereocenters. The quantitative estimate of drug-likeness (QED) is 0.564. The third kappa shape index (κ3) is 3.25. The largest absolute Gasteiger partial charge is 0.444 e. The lowest BCUT2D eigenvalue weighted by Crippen LogP contribution is -2.70. The van der Waals surface area contributed by atoms with Gasteiger partial charge in [-0.3, -0.25) is 9.59 Å². The molecule has 0 unspecified atom stereocenters. The minimum Gasteiger partial charge on any atom is -0.444 e. The Kier molecular flexibility index (Phi) is 6.06. The highest BCUT2D eigenvalue weighted by Gasteiger charge is 2.78. The lowest BCUT2D eigenvalue weighted by molar-refractivity contribution is -0.221. The van der Waals surface area contributed by atoms with Crippen molar-refractivity contribution in [1.82, 2.24) is 5.16 Å². The van der Waals surface area contributed by atoms with Crippen molar-refractivity contribution < 1.29 is 41.9 Å². The van der Waals surface area contributed by atoms with Crippen molar-refractivity contribution in [3.05, 3.63) is 41.8 Å². The molecule has 0 radical (unpaired) electrons. The van der Waals surface area contributed by atoms with Gasteiger partial charge in [0.05, 0.1) is 6.10 Å². The number of alkyl halides is 3. The van der Waals surface area contributed by atoms with Gasteiger partial charge in [-0.25, -0.2) is 18.0 Å². The first-order valence-electron chi connectivity index (χ1n) is 12.2. The van der Waals surface area contributed by atoms with Gasteiger partial charge < -0.3 is 14.4 Å². The molecule has 0 spiro atoms. The van der Waals surface area contributed by atoms with Crippen LogP contribution in [0, 0.1) is 28.6 Å². The summed E-state index contributed by atoms with van der Waals surface area (Å²) in [6.07, 6.45) is 0.974. The summed E-state index contributed by atoms with van der Waals surface area (Å²) in [7, 11) is 0. The molecule has 0 amide bonds. The summed E-state index contributed by atoms with van der Waals surface area (Å²) in [4.78, 5) is 38.6. The number of aliphatic hydroxyl groups is 1. The molecule has 0 aliphatic heterocycles. The number of hydrogen-bond acceptors (Lipinski definition) is 8. The van der Waals surface area contributed by atoms with Crippen molar-refractivity contribution in [2.24, 2.45) is 28.6 Å². The third-order valence-corrected chi connectivity index (χ3v) is 10.2. The maximum atomic E-state index is 17.4. The van der Waals surface area contributed by atoms with Crippen LogP contribution in [0.15, 0.2) is 40.7 Å². The van der Waals surface area contributed by atoms with Crippen LogP contribution in [0.1, 0.15) is 50.5 Å². The van der Waals surface area contributed by atoms with Crippen molar-refractivity contribution >= 4 is 28.6 Å². The van der Waals surface area contributed by atoms with E-state index in [9.17, 15) is 23.9 Å². The van der Waals surface area contributed by atoms with E-state index in [2.05, 4.69) is 5.16 Å². The van der Waals surface area contributed by atoms with E-state index in [0.717, 1.165) is 12.3 Å². The van der Waals surface area contributed by atoms with Crippen LogP contribution in [-0.4, -0.2) is 56.7 Å². The molecular formula is C26H28F3NO6S. The second-order valence-corrected chi connectivity index (χ2v) is 11.9. The molecule has 37 heavy (non-hydrogen) atoms. The predicted octanol–water partition coefficient (Wildman–Crippen LogP) is 4.32. The fourth-order valence-corrected chi connectivity index (χ4v) is 8.68. The number of hydrogen-bond donors (Lipinski definition) is 1. The van der Waals surface area contributed by atoms with Crippen LogP contribution in [0.3, 0.4) is 0 Å². The van der Waals surface area contributed by atoms with Gasteiger partial charge in [0.15, 0.2) is 22.7 Å². The summed E-state index contributed by atoms with van der Waals surface area (Å²) in [5, 5.41) is 14.3. The molecular weight excluding hydrogens is 511 g/mol. The highest BCUT2D eigenvalue weighted by molar-refractivity contribution is 8.13. The SMILES string of the molecule is C[C@@H]1C[C@H]2[C@@H]3C[C@H](F)C4=CC(=O)C=C[C@]4(C)[C@@]3(F)[C@@H](O)C[C@]2(C)[C@@]1(OC(=O)c1ccon1)C(=O)SCF. The maximum absolute atomic E-state index is 17.4. The summed E-state index contributed by atoms with van der Waals surface area (Å²) in [5.74, 6) is -3.90. The Morgan fingerprint density at radius 1 is 1.30 bits per heavy atom. The second kappa shape index (κ2) is 8.56. The number of halogens is 3. The first kappa shape index (κ1) is 26.2. The molecule has 1 N–H and O–H groups in total. The molecule has 0 saturated heterocycles. The fourth-order valence-electron chi connectivity index (χ4n) is 7.89. The van der Waals surface area contributed by atoms with Crippen molar-refractivity contribution in [2.75, 3.05) is 6.01 Å². The fraction of sp³-hybridized carbons (Fsp3) is 0.615. The highest BCUT2D eigenvalue weighted by atomic mass is 32.2. The van der Waals surface area contributed by atoms with E-state index in [1.165, 1.54) is 25.1 Å². The molecule has 4 aliphatic rings. The van der Waals surface area contributed by atoms with Crippen molar-refractivity contribution in [2.45, 2.75) is 63.6 Å². The smallest absolute Gasteiger partial charge is 0.361 e. The molecule has 3 saturated carbocycles. The molecule has 11 heteroatoms. The van der Waals surface area contributed by atoms with Gasteiger partial charge in [0.2, 0.25) is 5.12 Å². The number of allylic oxidation sites excluding steroid dienone is 4. The van der Waals surface area contributed by atoms with Gasteiger partial charge in [-0.1, -0.05) is 25.1 Å². The molecule has 0 aromatic carbocycles. The number of ether oxygens (including phenoxy) is 1. The molecule has 4 aliphatic carbocycles. The normalized spacial score (nSPS) is 44.5. The average Bonchev–Trinajstić information content (AvgIpc) is 3.45. The van der Waals surface area contributed by atoms with E-state index in [1.807, 2.05) is 0 Å². The van der Waals surface area contributed by atoms with E-state index < -0.39 is 75.0 Å². The Bertz CT molecular complexity index is 1200. The third-order valence-electron chi connectivity index (χ3n) is 9.56. The minimum atomic E-state index is -2.36. The molecule has 7 nitrogen and oxygen atoms in total. The number of fused-ring (bicyclic) bond motifs is 5. The molecule has 0 bridgehead atoms. The lowest BCUT2D eigenvalue weighted by Gasteiger charge is -2.63. The van der Waals surface area contributed by atoms with Crippen LogP contribution in [0.2, 0.25) is 0 Å². The molecule has 1 aromatic heterocycles. The topological polar surface area (TPSA) is 107 Å². The number of aromatic nitrogens is 1. The van der Waals surface area contributed by atoms with Crippen molar-refractivity contribution in [3.8, 4) is 0 Å². The van der Waals surface area contributed by atoms with Crippen LogP contribution in [0.25, 0.3) is 0 Å². The van der Waals surface area contributed by atoms with E-state index in [0.29, 0.717) is 11.8 Å². The van der Waals surface area contributed by atoms with E-state index in [1.54, 1.807) is 13.8 Å². The molecule has 200 valence electrons. The maximum Gasteiger partial charge on any atom is 0.361 e. The number of carbonyl (C=O) groups excluding carboxylic acids is 3. The predicted molar refractivity (Wildman–Crippen MR) is 126 cm³/mol. The number of thioether (sulfide) groups is 1. The number of rotatable bonds is 4. The molecule has 5 rings (SSSR count). The Labute approximate surface area is 215 Å². The highest BCUT2D eigenvalue weighted by Crippen LogP contribution is 2.72. The monoisotopic (exact) mass is 539 g/mol. The van der Waals surface area contributed by atoms with Gasteiger partial charge >= 0.3 is 5.97 Å². The Morgan fingerprint density at radius 2 is 2.03 bits per heavy atom. The summed E-state index contributed by atoms with van der Waals surface area (Å²) >= 11 is 0.339. The number of ketones is 1.